The summed E-state index contributed by atoms with van der Waals surface area (Å²) in [6, 6.07) is 0.488. The van der Waals surface area contributed by atoms with E-state index in [1.165, 1.54) is 39.0 Å². The number of cyclic esters (lactones) is 1. The minimum absolute atomic E-state index is 0.0518. The zero-order chi connectivity index (χ0) is 23.8. The molecule has 2 rings (SSSR count). The summed E-state index contributed by atoms with van der Waals surface area (Å²) in [4.78, 5) is 48.8. The third-order valence-electron chi connectivity index (χ3n) is 4.84. The van der Waals surface area contributed by atoms with E-state index in [0.717, 1.165) is 0 Å². The lowest BCUT2D eigenvalue weighted by molar-refractivity contribution is -0.145. The van der Waals surface area contributed by atoms with Crippen molar-refractivity contribution in [2.24, 2.45) is 0 Å². The van der Waals surface area contributed by atoms with Gasteiger partial charge in [0.15, 0.2) is 0 Å². The number of hydrogen-bond donors (Lipinski definition) is 2. The van der Waals surface area contributed by atoms with Crippen LogP contribution in [0.4, 0.5) is 0 Å². The number of carbonyl (C=O) groups excluding carboxylic acids is 4. The highest BCUT2D eigenvalue weighted by atomic mass is 32.2. The molecule has 1 heterocycles. The van der Waals surface area contributed by atoms with E-state index in [1.54, 1.807) is 6.92 Å². The Morgan fingerprint density at radius 3 is 2.66 bits per heavy atom. The molecule has 0 unspecified atom stereocenters. The Bertz CT molecular complexity index is 887. The van der Waals surface area contributed by atoms with Crippen LogP contribution in [0.5, 0.6) is 11.5 Å². The van der Waals surface area contributed by atoms with Crippen LogP contribution in [0.2, 0.25) is 0 Å². The molecule has 0 radical (unpaired) electrons. The Balaban J connectivity index is 2.46. The molecule has 2 atom stereocenters. The molecule has 1 aromatic carbocycles. The Morgan fingerprint density at radius 1 is 1.31 bits per heavy atom. The van der Waals surface area contributed by atoms with Crippen LogP contribution in [0.25, 0.3) is 0 Å². The number of thioether (sulfide) groups is 1. The molecule has 0 saturated heterocycles. The monoisotopic (exact) mass is 469 g/mol. The molecule has 32 heavy (non-hydrogen) atoms. The van der Waals surface area contributed by atoms with Gasteiger partial charge in [-0.2, -0.15) is 11.8 Å². The number of nitrogens with one attached hydrogen (secondary N) is 1. The fourth-order valence-corrected chi connectivity index (χ4v) is 4.25. The number of aromatic hydroxyl groups is 1. The predicted molar refractivity (Wildman–Crippen MR) is 115 cm³/mol. The number of phenols is 1. The topological polar surface area (TPSA) is 137 Å². The van der Waals surface area contributed by atoms with Gasteiger partial charge in [0, 0.05) is 42.0 Å². The summed E-state index contributed by atoms with van der Waals surface area (Å²) >= 11 is 1.23. The predicted octanol–water partition coefficient (Wildman–Crippen LogP) is 1.48. The Kier molecular flexibility index (Phi) is 9.18. The molecule has 0 spiro atoms. The zero-order valence-electron chi connectivity index (χ0n) is 18.4. The molecule has 0 aliphatic carbocycles. The summed E-state index contributed by atoms with van der Waals surface area (Å²) < 4.78 is 20.6. The summed E-state index contributed by atoms with van der Waals surface area (Å²) in [5, 5.41) is 13.2. The number of ether oxygens (including phenoxy) is 4. The number of rotatable bonds is 4. The second-order valence-electron chi connectivity index (χ2n) is 7.10. The maximum atomic E-state index is 13.1. The largest absolute Gasteiger partial charge is 0.507 e. The first-order chi connectivity index (χ1) is 15.2. The van der Waals surface area contributed by atoms with Gasteiger partial charge in [-0.15, -0.1) is 0 Å². The van der Waals surface area contributed by atoms with Gasteiger partial charge < -0.3 is 29.4 Å². The fraction of sp³-hybridized carbons (Fsp3) is 0.524. The molecule has 0 saturated carbocycles. The van der Waals surface area contributed by atoms with Crippen molar-refractivity contribution in [1.29, 1.82) is 0 Å². The number of phenolic OH excluding ortho intramolecular Hbond substituents is 1. The van der Waals surface area contributed by atoms with Gasteiger partial charge in [-0.1, -0.05) is 0 Å². The first-order valence-electron chi connectivity index (χ1n) is 9.86. The maximum Gasteiger partial charge on any atom is 0.339 e. The first kappa shape index (κ1) is 25.3. The molecule has 2 N–H and O–H groups in total. The van der Waals surface area contributed by atoms with Crippen LogP contribution in [-0.4, -0.2) is 67.6 Å². The van der Waals surface area contributed by atoms with E-state index >= 15 is 0 Å². The molecule has 0 aromatic heterocycles. The van der Waals surface area contributed by atoms with E-state index in [4.69, 9.17) is 18.9 Å². The van der Waals surface area contributed by atoms with Crippen molar-refractivity contribution in [3.8, 4) is 11.5 Å². The summed E-state index contributed by atoms with van der Waals surface area (Å²) in [5.41, 5.74) is 0.889. The molecule has 11 heteroatoms. The van der Waals surface area contributed by atoms with Gasteiger partial charge in [0.05, 0.1) is 19.8 Å². The molecule has 10 nitrogen and oxygen atoms in total. The highest BCUT2D eigenvalue weighted by Crippen LogP contribution is 2.36. The second kappa shape index (κ2) is 11.6. The van der Waals surface area contributed by atoms with Crippen molar-refractivity contribution < 1.29 is 43.2 Å². The van der Waals surface area contributed by atoms with Crippen molar-refractivity contribution in [2.45, 2.75) is 44.6 Å². The lowest BCUT2D eigenvalue weighted by Crippen LogP contribution is -2.43. The van der Waals surface area contributed by atoms with Gasteiger partial charge in [0.1, 0.15) is 30.3 Å². The number of esters is 3. The summed E-state index contributed by atoms with van der Waals surface area (Å²) in [5.74, 6) is -1.92. The Hall–Kier alpha value is -2.95. The van der Waals surface area contributed by atoms with Crippen LogP contribution in [-0.2, 0) is 34.3 Å². The highest BCUT2D eigenvalue weighted by Gasteiger charge is 2.29. The molecule has 0 fully saturated rings. The van der Waals surface area contributed by atoms with Gasteiger partial charge in [-0.3, -0.25) is 9.59 Å². The first-order valence-corrected chi connectivity index (χ1v) is 11.0. The normalized spacial score (nSPS) is 19.8. The summed E-state index contributed by atoms with van der Waals surface area (Å²) in [6.07, 6.45) is -0.939. The van der Waals surface area contributed by atoms with Gasteiger partial charge in [0.2, 0.25) is 5.91 Å². The highest BCUT2D eigenvalue weighted by molar-refractivity contribution is 7.98. The number of methoxy groups -OCH3 is 2. The molecule has 0 bridgehead atoms. The zero-order valence-corrected chi connectivity index (χ0v) is 19.2. The number of amides is 1. The minimum atomic E-state index is -0.914. The standard InChI is InChI=1S/C21H27NO9S/c1-11-17(28-3)7-16(24)14-9-32-10-15(20(26)29-4)22-18(25)6-5-13(8-30-12(2)23)31-21(27)19(11)14/h7,13,15,24H,5-6,8-10H2,1-4H3,(H,22,25)/t13-,15-/m0/s1. The lowest BCUT2D eigenvalue weighted by atomic mass is 10.0. The SMILES string of the molecule is COC(=O)[C@@H]1CSCc2c(O)cc(OC)c(C)c2C(=O)O[C@H](COC(C)=O)CCC(=O)N1. The molecule has 1 aliphatic heterocycles. The van der Waals surface area contributed by atoms with E-state index in [9.17, 15) is 24.3 Å². The molecule has 1 aliphatic rings. The van der Waals surface area contributed by atoms with Gasteiger partial charge in [0.25, 0.3) is 0 Å². The molecular weight excluding hydrogens is 442 g/mol. The summed E-state index contributed by atoms with van der Waals surface area (Å²) in [7, 11) is 2.63. The van der Waals surface area contributed by atoms with Crippen molar-refractivity contribution in [3.05, 3.63) is 22.8 Å². The van der Waals surface area contributed by atoms with E-state index < -0.39 is 36.0 Å². The van der Waals surface area contributed by atoms with E-state index in [-0.39, 0.29) is 42.3 Å². The number of fused-ring (bicyclic) bond motifs is 1. The van der Waals surface area contributed by atoms with E-state index in [0.29, 0.717) is 16.9 Å². The fourth-order valence-electron chi connectivity index (χ4n) is 3.18. The number of carbonyl (C=O) groups is 4. The van der Waals surface area contributed by atoms with Crippen LogP contribution in [0.3, 0.4) is 0 Å². The van der Waals surface area contributed by atoms with Gasteiger partial charge in [-0.05, 0) is 13.3 Å². The second-order valence-corrected chi connectivity index (χ2v) is 8.13. The average molecular weight is 470 g/mol. The maximum absolute atomic E-state index is 13.1. The number of benzene rings is 1. The van der Waals surface area contributed by atoms with Crippen molar-refractivity contribution >= 4 is 35.6 Å². The van der Waals surface area contributed by atoms with Crippen LogP contribution < -0.4 is 10.1 Å². The number of hydrogen-bond acceptors (Lipinski definition) is 10. The van der Waals surface area contributed by atoms with Crippen molar-refractivity contribution in [2.75, 3.05) is 26.6 Å². The van der Waals surface area contributed by atoms with Crippen LogP contribution >= 0.6 is 11.8 Å². The smallest absolute Gasteiger partial charge is 0.339 e. The molecule has 1 aromatic rings. The molecule has 176 valence electrons. The van der Waals surface area contributed by atoms with E-state index in [1.807, 2.05) is 0 Å². The van der Waals surface area contributed by atoms with Crippen LogP contribution in [0.1, 0.15) is 41.3 Å². The Labute approximate surface area is 189 Å². The third kappa shape index (κ3) is 6.52. The van der Waals surface area contributed by atoms with Crippen molar-refractivity contribution in [3.63, 3.8) is 0 Å². The average Bonchev–Trinajstić information content (AvgIpc) is 2.76. The van der Waals surface area contributed by atoms with E-state index in [2.05, 4.69) is 5.32 Å². The van der Waals surface area contributed by atoms with Gasteiger partial charge in [-0.25, -0.2) is 9.59 Å². The quantitative estimate of drug-likeness (QED) is 0.493. The van der Waals surface area contributed by atoms with Gasteiger partial charge >= 0.3 is 17.9 Å². The third-order valence-corrected chi connectivity index (χ3v) is 5.90. The minimum Gasteiger partial charge on any atom is -0.507 e. The molecule has 1 amide bonds. The van der Waals surface area contributed by atoms with Crippen LogP contribution in [0, 0.1) is 6.92 Å². The lowest BCUT2D eigenvalue weighted by Gasteiger charge is -2.20. The summed E-state index contributed by atoms with van der Waals surface area (Å²) in [6.45, 7) is 2.63. The van der Waals surface area contributed by atoms with Crippen LogP contribution in [0.15, 0.2) is 6.07 Å². The van der Waals surface area contributed by atoms with Crippen molar-refractivity contribution in [1.82, 2.24) is 5.32 Å². The Morgan fingerprint density at radius 2 is 2.03 bits per heavy atom. The molecular formula is C21H27NO9S.